The van der Waals surface area contributed by atoms with Crippen LogP contribution in [-0.2, 0) is 6.61 Å². The molecule has 4 nitrogen and oxygen atoms in total. The summed E-state index contributed by atoms with van der Waals surface area (Å²) in [6.07, 6.45) is 0. The van der Waals surface area contributed by atoms with Gasteiger partial charge in [-0.25, -0.2) is 0 Å². The Bertz CT molecular complexity index is 594. The standard InChI is InChI=1S/C16H17NO3/c1-12(17-18)14-8-9-15(16(10-14)19-2)20-11-13-6-4-3-5-7-13/h3-10,18H,11H2,1-2H3. The van der Waals surface area contributed by atoms with Crippen LogP contribution in [0.4, 0.5) is 0 Å². The molecule has 0 radical (unpaired) electrons. The largest absolute Gasteiger partial charge is 0.493 e. The van der Waals surface area contributed by atoms with Crippen molar-refractivity contribution in [3.05, 3.63) is 59.7 Å². The van der Waals surface area contributed by atoms with Crippen LogP contribution in [-0.4, -0.2) is 18.0 Å². The number of oxime groups is 1. The number of hydrogen-bond acceptors (Lipinski definition) is 4. The lowest BCUT2D eigenvalue weighted by molar-refractivity contribution is 0.284. The molecule has 0 amide bonds. The molecule has 0 unspecified atom stereocenters. The maximum atomic E-state index is 8.79. The Morgan fingerprint density at radius 1 is 1.10 bits per heavy atom. The molecule has 0 aliphatic heterocycles. The van der Waals surface area contributed by atoms with Crippen molar-refractivity contribution in [2.75, 3.05) is 7.11 Å². The summed E-state index contributed by atoms with van der Waals surface area (Å²) in [6.45, 7) is 2.20. The molecule has 0 heterocycles. The van der Waals surface area contributed by atoms with Gasteiger partial charge in [-0.1, -0.05) is 35.5 Å². The van der Waals surface area contributed by atoms with E-state index in [1.165, 1.54) is 0 Å². The van der Waals surface area contributed by atoms with Crippen LogP contribution in [0.25, 0.3) is 0 Å². The summed E-state index contributed by atoms with van der Waals surface area (Å²) in [6, 6.07) is 15.3. The molecule has 4 heteroatoms. The lowest BCUT2D eigenvalue weighted by Gasteiger charge is -2.12. The molecule has 2 rings (SSSR count). The molecule has 0 aromatic heterocycles. The van der Waals surface area contributed by atoms with Gasteiger partial charge >= 0.3 is 0 Å². The van der Waals surface area contributed by atoms with Crippen LogP contribution in [0.1, 0.15) is 18.1 Å². The Morgan fingerprint density at radius 2 is 1.85 bits per heavy atom. The van der Waals surface area contributed by atoms with E-state index in [2.05, 4.69) is 5.16 Å². The van der Waals surface area contributed by atoms with Crippen LogP contribution in [0.2, 0.25) is 0 Å². The fourth-order valence-electron chi connectivity index (χ4n) is 1.80. The summed E-state index contributed by atoms with van der Waals surface area (Å²) in [7, 11) is 1.58. The second-order valence-corrected chi connectivity index (χ2v) is 4.33. The Hall–Kier alpha value is -2.49. The molecule has 2 aromatic carbocycles. The molecule has 0 saturated carbocycles. The Labute approximate surface area is 118 Å². The second-order valence-electron chi connectivity index (χ2n) is 4.33. The average molecular weight is 271 g/mol. The van der Waals surface area contributed by atoms with Gasteiger partial charge in [-0.2, -0.15) is 0 Å². The number of nitrogens with zero attached hydrogens (tertiary/aromatic N) is 1. The Balaban J connectivity index is 2.16. The Kier molecular flexibility index (Phi) is 4.60. The first kappa shape index (κ1) is 13.9. The van der Waals surface area contributed by atoms with Crippen molar-refractivity contribution >= 4 is 5.71 Å². The van der Waals surface area contributed by atoms with Gasteiger partial charge in [0, 0.05) is 5.56 Å². The SMILES string of the molecule is COc1cc(C(C)=NO)ccc1OCc1ccccc1. The van der Waals surface area contributed by atoms with E-state index in [0.29, 0.717) is 23.8 Å². The highest BCUT2D eigenvalue weighted by molar-refractivity contribution is 5.98. The molecule has 0 saturated heterocycles. The van der Waals surface area contributed by atoms with Crippen molar-refractivity contribution in [1.29, 1.82) is 0 Å². The fraction of sp³-hybridized carbons (Fsp3) is 0.188. The predicted molar refractivity (Wildman–Crippen MR) is 77.8 cm³/mol. The minimum atomic E-state index is 0.476. The van der Waals surface area contributed by atoms with Gasteiger partial charge in [0.1, 0.15) is 6.61 Å². The number of methoxy groups -OCH3 is 1. The number of benzene rings is 2. The maximum Gasteiger partial charge on any atom is 0.161 e. The molecule has 0 fully saturated rings. The maximum absolute atomic E-state index is 8.79. The summed E-state index contributed by atoms with van der Waals surface area (Å²) in [4.78, 5) is 0. The van der Waals surface area contributed by atoms with Gasteiger partial charge in [-0.05, 0) is 30.7 Å². The van der Waals surface area contributed by atoms with Crippen molar-refractivity contribution in [3.63, 3.8) is 0 Å². The van der Waals surface area contributed by atoms with E-state index in [4.69, 9.17) is 14.7 Å². The molecule has 0 bridgehead atoms. The highest BCUT2D eigenvalue weighted by Gasteiger charge is 2.08. The zero-order chi connectivity index (χ0) is 14.4. The fourth-order valence-corrected chi connectivity index (χ4v) is 1.80. The van der Waals surface area contributed by atoms with Crippen molar-refractivity contribution in [2.45, 2.75) is 13.5 Å². The number of rotatable bonds is 5. The van der Waals surface area contributed by atoms with E-state index < -0.39 is 0 Å². The van der Waals surface area contributed by atoms with Crippen LogP contribution in [0.5, 0.6) is 11.5 Å². The first-order chi connectivity index (χ1) is 9.74. The van der Waals surface area contributed by atoms with Crippen molar-refractivity contribution in [3.8, 4) is 11.5 Å². The average Bonchev–Trinajstić information content (AvgIpc) is 2.53. The summed E-state index contributed by atoms with van der Waals surface area (Å²) < 4.78 is 11.1. The van der Waals surface area contributed by atoms with Gasteiger partial charge in [0.15, 0.2) is 11.5 Å². The van der Waals surface area contributed by atoms with Gasteiger partial charge < -0.3 is 14.7 Å². The van der Waals surface area contributed by atoms with Crippen LogP contribution < -0.4 is 9.47 Å². The Morgan fingerprint density at radius 3 is 2.50 bits per heavy atom. The molecule has 0 spiro atoms. The van der Waals surface area contributed by atoms with E-state index in [9.17, 15) is 0 Å². The van der Waals surface area contributed by atoms with Crippen LogP contribution >= 0.6 is 0 Å². The lowest BCUT2D eigenvalue weighted by Crippen LogP contribution is -2.00. The van der Waals surface area contributed by atoms with Crippen LogP contribution in [0, 0.1) is 0 Å². The van der Waals surface area contributed by atoms with Gasteiger partial charge in [-0.3, -0.25) is 0 Å². The van der Waals surface area contributed by atoms with E-state index in [1.807, 2.05) is 42.5 Å². The normalized spacial score (nSPS) is 11.2. The molecular weight excluding hydrogens is 254 g/mol. The van der Waals surface area contributed by atoms with Gasteiger partial charge in [0.2, 0.25) is 0 Å². The number of ether oxygens (including phenoxy) is 2. The second kappa shape index (κ2) is 6.61. The first-order valence-corrected chi connectivity index (χ1v) is 6.28. The van der Waals surface area contributed by atoms with Gasteiger partial charge in [0.05, 0.1) is 12.8 Å². The molecule has 20 heavy (non-hydrogen) atoms. The molecule has 1 N–H and O–H groups in total. The third kappa shape index (κ3) is 3.29. The third-order valence-corrected chi connectivity index (χ3v) is 2.97. The van der Waals surface area contributed by atoms with E-state index in [0.717, 1.165) is 11.1 Å². The molecular formula is C16H17NO3. The quantitative estimate of drug-likeness (QED) is 0.514. The minimum absolute atomic E-state index is 0.476. The zero-order valence-corrected chi connectivity index (χ0v) is 11.5. The zero-order valence-electron chi connectivity index (χ0n) is 11.5. The molecule has 0 atom stereocenters. The molecule has 0 aliphatic rings. The van der Waals surface area contributed by atoms with Crippen LogP contribution in [0.15, 0.2) is 53.7 Å². The van der Waals surface area contributed by atoms with Gasteiger partial charge in [0.25, 0.3) is 0 Å². The highest BCUT2D eigenvalue weighted by atomic mass is 16.5. The molecule has 104 valence electrons. The van der Waals surface area contributed by atoms with E-state index in [-0.39, 0.29) is 0 Å². The minimum Gasteiger partial charge on any atom is -0.493 e. The molecule has 2 aromatic rings. The van der Waals surface area contributed by atoms with Crippen molar-refractivity contribution < 1.29 is 14.7 Å². The summed E-state index contributed by atoms with van der Waals surface area (Å²) >= 11 is 0. The summed E-state index contributed by atoms with van der Waals surface area (Å²) in [5.74, 6) is 1.27. The smallest absolute Gasteiger partial charge is 0.161 e. The summed E-state index contributed by atoms with van der Waals surface area (Å²) in [5.41, 5.74) is 2.40. The van der Waals surface area contributed by atoms with Crippen molar-refractivity contribution in [2.24, 2.45) is 5.16 Å². The van der Waals surface area contributed by atoms with E-state index >= 15 is 0 Å². The predicted octanol–water partition coefficient (Wildman–Crippen LogP) is 3.47. The third-order valence-electron chi connectivity index (χ3n) is 2.97. The molecule has 0 aliphatic carbocycles. The van der Waals surface area contributed by atoms with Crippen molar-refractivity contribution in [1.82, 2.24) is 0 Å². The highest BCUT2D eigenvalue weighted by Crippen LogP contribution is 2.29. The monoisotopic (exact) mass is 271 g/mol. The lowest BCUT2D eigenvalue weighted by atomic mass is 10.1. The summed E-state index contributed by atoms with van der Waals surface area (Å²) in [5, 5.41) is 12.0. The topological polar surface area (TPSA) is 51.0 Å². The first-order valence-electron chi connectivity index (χ1n) is 6.28. The van der Waals surface area contributed by atoms with Gasteiger partial charge in [-0.15, -0.1) is 0 Å². The van der Waals surface area contributed by atoms with E-state index in [1.54, 1.807) is 20.1 Å². The van der Waals surface area contributed by atoms with Crippen LogP contribution in [0.3, 0.4) is 0 Å². The number of hydrogen-bond donors (Lipinski definition) is 1.